The molecule has 1 N–H and O–H groups in total. The Labute approximate surface area is 194 Å². The molecule has 2 amide bonds. The summed E-state index contributed by atoms with van der Waals surface area (Å²) < 4.78 is 10.4. The predicted octanol–water partition coefficient (Wildman–Crippen LogP) is 4.12. The highest BCUT2D eigenvalue weighted by Gasteiger charge is 2.48. The predicted molar refractivity (Wildman–Crippen MR) is 127 cm³/mol. The van der Waals surface area contributed by atoms with Crippen LogP contribution in [-0.2, 0) is 29.1 Å². The average Bonchev–Trinajstić information content (AvgIpc) is 2.86. The number of benzene rings is 3. The van der Waals surface area contributed by atoms with Gasteiger partial charge in [-0.25, -0.2) is 0 Å². The fourth-order valence-electron chi connectivity index (χ4n) is 4.16. The topological polar surface area (TPSA) is 67.9 Å². The summed E-state index contributed by atoms with van der Waals surface area (Å²) in [6.45, 7) is 2.45. The third kappa shape index (κ3) is 4.55. The van der Waals surface area contributed by atoms with Crippen LogP contribution in [0.25, 0.3) is 0 Å². The molecular weight excluding hydrogens is 416 g/mol. The van der Waals surface area contributed by atoms with Crippen molar-refractivity contribution in [2.75, 3.05) is 19.1 Å². The van der Waals surface area contributed by atoms with Gasteiger partial charge in [0.2, 0.25) is 11.8 Å². The van der Waals surface area contributed by atoms with Crippen LogP contribution in [0.3, 0.4) is 0 Å². The number of hydrogen-bond donors (Lipinski definition) is 1. The number of anilines is 1. The molecule has 0 spiro atoms. The summed E-state index contributed by atoms with van der Waals surface area (Å²) in [5, 5.41) is 2.96. The van der Waals surface area contributed by atoms with Crippen LogP contribution in [0, 0.1) is 5.41 Å². The monoisotopic (exact) mass is 444 g/mol. The molecule has 0 aromatic heterocycles. The van der Waals surface area contributed by atoms with Crippen molar-refractivity contribution in [1.29, 1.82) is 0 Å². The zero-order chi connectivity index (χ0) is 23.4. The fraction of sp³-hybridized carbons (Fsp3) is 0.259. The maximum Gasteiger partial charge on any atom is 0.243 e. The largest absolute Gasteiger partial charge is 0.497 e. The average molecular weight is 445 g/mol. The number of methoxy groups -OCH3 is 2. The van der Waals surface area contributed by atoms with E-state index < -0.39 is 5.41 Å². The minimum Gasteiger partial charge on any atom is -0.497 e. The summed E-state index contributed by atoms with van der Waals surface area (Å²) in [7, 11) is 3.23. The van der Waals surface area contributed by atoms with Crippen molar-refractivity contribution in [2.45, 2.75) is 26.4 Å². The zero-order valence-corrected chi connectivity index (χ0v) is 19.1. The molecule has 0 radical (unpaired) electrons. The Morgan fingerprint density at radius 3 is 2.09 bits per heavy atom. The van der Waals surface area contributed by atoms with Gasteiger partial charge in [-0.05, 0) is 60.4 Å². The zero-order valence-electron chi connectivity index (χ0n) is 19.1. The van der Waals surface area contributed by atoms with E-state index in [1.165, 1.54) is 0 Å². The highest BCUT2D eigenvalue weighted by atomic mass is 16.5. The van der Waals surface area contributed by atoms with Crippen LogP contribution in [0.2, 0.25) is 0 Å². The quantitative estimate of drug-likeness (QED) is 0.557. The molecule has 33 heavy (non-hydrogen) atoms. The smallest absolute Gasteiger partial charge is 0.243 e. The van der Waals surface area contributed by atoms with E-state index in [0.717, 1.165) is 33.9 Å². The maximum absolute atomic E-state index is 13.7. The number of rotatable bonds is 7. The second-order valence-electron chi connectivity index (χ2n) is 8.41. The molecule has 6 nitrogen and oxygen atoms in total. The first kappa shape index (κ1) is 22.4. The minimum absolute atomic E-state index is 0.204. The molecule has 170 valence electrons. The number of amides is 2. The molecule has 1 heterocycles. The van der Waals surface area contributed by atoms with Crippen LogP contribution in [0.4, 0.5) is 5.69 Å². The van der Waals surface area contributed by atoms with Crippen LogP contribution in [0.5, 0.6) is 11.5 Å². The lowest BCUT2D eigenvalue weighted by atomic mass is 9.77. The van der Waals surface area contributed by atoms with E-state index in [4.69, 9.17) is 9.47 Å². The van der Waals surface area contributed by atoms with Crippen molar-refractivity contribution in [3.05, 3.63) is 89.5 Å². The van der Waals surface area contributed by atoms with Crippen molar-refractivity contribution in [1.82, 2.24) is 5.32 Å². The molecule has 6 heteroatoms. The third-order valence-electron chi connectivity index (χ3n) is 6.16. The van der Waals surface area contributed by atoms with Crippen molar-refractivity contribution in [2.24, 2.45) is 5.41 Å². The van der Waals surface area contributed by atoms with Gasteiger partial charge in [-0.3, -0.25) is 9.59 Å². The number of nitrogens with one attached hydrogen (secondary N) is 1. The van der Waals surface area contributed by atoms with E-state index in [0.29, 0.717) is 19.5 Å². The van der Waals surface area contributed by atoms with Crippen LogP contribution >= 0.6 is 0 Å². The van der Waals surface area contributed by atoms with Gasteiger partial charge in [0, 0.05) is 12.2 Å². The van der Waals surface area contributed by atoms with Gasteiger partial charge in [-0.15, -0.1) is 0 Å². The Bertz CT molecular complexity index is 1140. The van der Waals surface area contributed by atoms with Crippen LogP contribution in [-0.4, -0.2) is 26.0 Å². The number of para-hydroxylation sites is 1. The third-order valence-corrected chi connectivity index (χ3v) is 6.16. The summed E-state index contributed by atoms with van der Waals surface area (Å²) >= 11 is 0. The number of nitrogens with zero attached hydrogens (tertiary/aromatic N) is 1. The molecule has 4 rings (SSSR count). The summed E-state index contributed by atoms with van der Waals surface area (Å²) in [5.74, 6) is 1.03. The fourth-order valence-corrected chi connectivity index (χ4v) is 4.16. The number of carbonyl (C=O) groups is 2. The van der Waals surface area contributed by atoms with E-state index in [1.807, 2.05) is 72.8 Å². The van der Waals surface area contributed by atoms with E-state index in [-0.39, 0.29) is 11.8 Å². The second-order valence-corrected chi connectivity index (χ2v) is 8.41. The number of fused-ring (bicyclic) bond motifs is 1. The van der Waals surface area contributed by atoms with Crippen molar-refractivity contribution in [3.63, 3.8) is 0 Å². The lowest BCUT2D eigenvalue weighted by Crippen LogP contribution is -2.55. The van der Waals surface area contributed by atoms with E-state index in [9.17, 15) is 9.59 Å². The highest BCUT2D eigenvalue weighted by Crippen LogP contribution is 2.38. The Kier molecular flexibility index (Phi) is 6.36. The van der Waals surface area contributed by atoms with Crippen LogP contribution in [0.15, 0.2) is 72.8 Å². The van der Waals surface area contributed by atoms with Crippen LogP contribution in [0.1, 0.15) is 23.6 Å². The molecule has 0 unspecified atom stereocenters. The second kappa shape index (κ2) is 9.36. The van der Waals surface area contributed by atoms with Gasteiger partial charge in [0.1, 0.15) is 16.9 Å². The summed E-state index contributed by atoms with van der Waals surface area (Å²) in [6.07, 6.45) is 0.357. The first-order valence-electron chi connectivity index (χ1n) is 10.9. The standard InChI is InChI=1S/C27H28N2O4/c1-27(25(30)28-17-19-8-12-22(32-2)13-9-19)16-21-6-4-5-7-24(21)29(26(27)31)18-20-10-14-23(33-3)15-11-20/h4-15H,16-18H2,1-3H3,(H,28,30)/t27-/m1/s1. The highest BCUT2D eigenvalue weighted by molar-refractivity contribution is 6.13. The van der Waals surface area contributed by atoms with Gasteiger partial charge in [-0.2, -0.15) is 0 Å². The minimum atomic E-state index is -1.20. The number of ether oxygens (including phenoxy) is 2. The van der Waals surface area contributed by atoms with E-state index >= 15 is 0 Å². The molecule has 0 saturated heterocycles. The maximum atomic E-state index is 13.7. The van der Waals surface area contributed by atoms with Gasteiger partial charge in [0.15, 0.2) is 0 Å². The molecule has 3 aromatic carbocycles. The molecular formula is C27H28N2O4. The molecule has 1 aliphatic rings. The SMILES string of the molecule is COc1ccc(CNC(=O)[C@@]2(C)Cc3ccccc3N(Cc3ccc(OC)cc3)C2=O)cc1. The lowest BCUT2D eigenvalue weighted by molar-refractivity contribution is -0.141. The molecule has 0 bridgehead atoms. The number of carbonyl (C=O) groups excluding carboxylic acids is 2. The van der Waals surface area contributed by atoms with Crippen molar-refractivity contribution >= 4 is 17.5 Å². The van der Waals surface area contributed by atoms with Crippen molar-refractivity contribution in [3.8, 4) is 11.5 Å². The Morgan fingerprint density at radius 1 is 0.909 bits per heavy atom. The summed E-state index contributed by atoms with van der Waals surface area (Å²) in [6, 6.07) is 22.9. The van der Waals surface area contributed by atoms with E-state index in [2.05, 4.69) is 5.32 Å². The van der Waals surface area contributed by atoms with Gasteiger partial charge in [0.25, 0.3) is 0 Å². The van der Waals surface area contributed by atoms with Crippen LogP contribution < -0.4 is 19.7 Å². The Balaban J connectivity index is 1.56. The normalized spacial score (nSPS) is 17.3. The molecule has 0 aliphatic carbocycles. The summed E-state index contributed by atoms with van der Waals surface area (Å²) in [4.78, 5) is 28.7. The van der Waals surface area contributed by atoms with Crippen molar-refractivity contribution < 1.29 is 19.1 Å². The molecule has 1 aliphatic heterocycles. The van der Waals surface area contributed by atoms with Gasteiger partial charge >= 0.3 is 0 Å². The molecule has 0 saturated carbocycles. The number of hydrogen-bond acceptors (Lipinski definition) is 4. The molecule has 1 atom stereocenters. The Morgan fingerprint density at radius 2 is 1.48 bits per heavy atom. The van der Waals surface area contributed by atoms with E-state index in [1.54, 1.807) is 26.0 Å². The Hall–Kier alpha value is -3.80. The van der Waals surface area contributed by atoms with Gasteiger partial charge in [0.05, 0.1) is 20.8 Å². The first-order chi connectivity index (χ1) is 15.9. The molecule has 0 fully saturated rings. The first-order valence-corrected chi connectivity index (χ1v) is 10.9. The van der Waals surface area contributed by atoms with Gasteiger partial charge < -0.3 is 19.7 Å². The summed E-state index contributed by atoms with van der Waals surface area (Å²) in [5.41, 5.74) is 2.52. The van der Waals surface area contributed by atoms with Gasteiger partial charge in [-0.1, -0.05) is 42.5 Å². The lowest BCUT2D eigenvalue weighted by Gasteiger charge is -2.39. The molecule has 3 aromatic rings.